The van der Waals surface area contributed by atoms with Crippen molar-refractivity contribution in [2.24, 2.45) is 0 Å². The van der Waals surface area contributed by atoms with Crippen LogP contribution in [0.25, 0.3) is 98.7 Å². The number of furan rings is 1. The Labute approximate surface area is 333 Å². The molecule has 0 radical (unpaired) electrons. The minimum absolute atomic E-state index is 0.862. The fraction of sp³-hybridized carbons (Fsp3) is 0. The number of rotatable bonds is 5. The number of para-hydroxylation sites is 3. The van der Waals surface area contributed by atoms with Gasteiger partial charge in [-0.3, -0.25) is 0 Å². The van der Waals surface area contributed by atoms with Crippen LogP contribution < -0.4 is 4.90 Å². The van der Waals surface area contributed by atoms with Gasteiger partial charge in [-0.25, -0.2) is 0 Å². The van der Waals surface area contributed by atoms with E-state index in [1.807, 2.05) is 0 Å². The van der Waals surface area contributed by atoms with Crippen molar-refractivity contribution in [3.63, 3.8) is 0 Å². The van der Waals surface area contributed by atoms with Gasteiger partial charge in [0, 0.05) is 66.5 Å². The molecule has 9 aromatic carbocycles. The second-order valence-electron chi connectivity index (χ2n) is 15.3. The minimum Gasteiger partial charge on any atom is -0.456 e. The van der Waals surface area contributed by atoms with Crippen LogP contribution in [-0.4, -0.2) is 8.97 Å². The van der Waals surface area contributed by atoms with Gasteiger partial charge >= 0.3 is 0 Å². The molecule has 0 saturated heterocycles. The molecule has 0 unspecified atom stereocenters. The summed E-state index contributed by atoms with van der Waals surface area (Å²) in [5.41, 5.74) is 14.5. The van der Waals surface area contributed by atoms with E-state index in [2.05, 4.69) is 214 Å². The first kappa shape index (κ1) is 31.4. The van der Waals surface area contributed by atoms with E-state index in [1.165, 1.54) is 71.0 Å². The quantitative estimate of drug-likeness (QED) is 0.176. The number of benzene rings is 9. The summed E-state index contributed by atoms with van der Waals surface area (Å²) < 4.78 is 11.6. The molecule has 0 N–H and O–H groups in total. The second-order valence-corrected chi connectivity index (χ2v) is 15.3. The molecule has 13 rings (SSSR count). The first-order chi connectivity index (χ1) is 28.8. The molecule has 58 heavy (non-hydrogen) atoms. The van der Waals surface area contributed by atoms with E-state index in [-0.39, 0.29) is 0 Å². The lowest BCUT2D eigenvalue weighted by Gasteiger charge is -2.25. The van der Waals surface area contributed by atoms with Crippen molar-refractivity contribution in [3.05, 3.63) is 200 Å². The molecule has 0 aliphatic carbocycles. The van der Waals surface area contributed by atoms with Crippen LogP contribution >= 0.6 is 0 Å². The van der Waals surface area contributed by atoms with Gasteiger partial charge in [-0.1, -0.05) is 115 Å². The first-order valence-electron chi connectivity index (χ1n) is 19.8. The number of nitrogens with zero attached hydrogens (tertiary/aromatic N) is 3. The lowest BCUT2D eigenvalue weighted by Crippen LogP contribution is -2.09. The molecule has 0 saturated carbocycles. The van der Waals surface area contributed by atoms with Gasteiger partial charge < -0.3 is 18.3 Å². The molecule has 0 spiro atoms. The molecule has 0 bridgehead atoms. The van der Waals surface area contributed by atoms with Gasteiger partial charge in [0.2, 0.25) is 0 Å². The first-order valence-corrected chi connectivity index (χ1v) is 19.8. The van der Waals surface area contributed by atoms with Crippen molar-refractivity contribution in [1.29, 1.82) is 0 Å². The number of anilines is 3. The zero-order chi connectivity index (χ0) is 37.9. The molecule has 4 heteroatoms. The number of fused-ring (bicyclic) bond motifs is 8. The Balaban J connectivity index is 0.997. The van der Waals surface area contributed by atoms with Crippen LogP contribution in [0.3, 0.4) is 0 Å². The van der Waals surface area contributed by atoms with Gasteiger partial charge in [-0.05, 0) is 95.4 Å². The van der Waals surface area contributed by atoms with Gasteiger partial charge in [-0.2, -0.15) is 0 Å². The maximum Gasteiger partial charge on any atom is 0.137 e. The highest BCUT2D eigenvalue weighted by Crippen LogP contribution is 2.45. The predicted octanol–water partition coefficient (Wildman–Crippen LogP) is 15.0. The summed E-state index contributed by atoms with van der Waals surface area (Å²) in [5.74, 6) is 0. The maximum atomic E-state index is 6.69. The predicted molar refractivity (Wildman–Crippen MR) is 243 cm³/mol. The van der Waals surface area contributed by atoms with Gasteiger partial charge in [0.25, 0.3) is 0 Å². The SMILES string of the molecule is c1ccc(-c2ccc(N(c3ccccc3)c3ccc4oc5cc(-n6c7cccc8c9cccc%10c%11ccccc%11n(c%11cccc6c%11c87)c9%10)ccc5c4c3)cc2)cc1. The van der Waals surface area contributed by atoms with E-state index in [0.717, 1.165) is 44.7 Å². The molecule has 0 fully saturated rings. The fourth-order valence-electron chi connectivity index (χ4n) is 9.75. The Kier molecular flexibility index (Phi) is 6.41. The van der Waals surface area contributed by atoms with E-state index in [0.29, 0.717) is 0 Å². The lowest BCUT2D eigenvalue weighted by molar-refractivity contribution is 0.668. The van der Waals surface area contributed by atoms with Crippen LogP contribution in [0.4, 0.5) is 17.1 Å². The number of hydrogen-bond acceptors (Lipinski definition) is 2. The maximum absolute atomic E-state index is 6.69. The summed E-state index contributed by atoms with van der Waals surface area (Å²) in [4.78, 5) is 2.32. The Hall–Kier alpha value is -7.82. The molecule has 270 valence electrons. The highest BCUT2D eigenvalue weighted by molar-refractivity contribution is 6.31. The molecule has 4 heterocycles. The fourth-order valence-corrected chi connectivity index (χ4v) is 9.75. The molecule has 13 aromatic rings. The summed E-state index contributed by atoms with van der Waals surface area (Å²) in [7, 11) is 0. The molecule has 0 atom stereocenters. The van der Waals surface area contributed by atoms with Gasteiger partial charge in [0.1, 0.15) is 11.2 Å². The Morgan fingerprint density at radius 3 is 1.79 bits per heavy atom. The zero-order valence-electron chi connectivity index (χ0n) is 31.3. The lowest BCUT2D eigenvalue weighted by atomic mass is 10.0. The Bertz CT molecular complexity index is 3720. The van der Waals surface area contributed by atoms with Crippen molar-refractivity contribution < 1.29 is 4.42 Å². The van der Waals surface area contributed by atoms with Crippen molar-refractivity contribution >= 4 is 98.9 Å². The molecule has 4 aromatic heterocycles. The van der Waals surface area contributed by atoms with E-state index in [9.17, 15) is 0 Å². The van der Waals surface area contributed by atoms with Crippen LogP contribution in [0, 0.1) is 0 Å². The number of hydrogen-bond donors (Lipinski definition) is 0. The summed E-state index contributed by atoms with van der Waals surface area (Å²) >= 11 is 0. The third-order valence-electron chi connectivity index (χ3n) is 12.2. The van der Waals surface area contributed by atoms with Gasteiger partial charge in [0.15, 0.2) is 0 Å². The van der Waals surface area contributed by atoms with E-state index >= 15 is 0 Å². The normalized spacial score (nSPS) is 12.1. The molecule has 0 aliphatic heterocycles. The summed E-state index contributed by atoms with van der Waals surface area (Å²) in [5, 5.41) is 9.79. The summed E-state index contributed by atoms with van der Waals surface area (Å²) in [6.07, 6.45) is 0. The van der Waals surface area contributed by atoms with Crippen LogP contribution in [-0.2, 0) is 0 Å². The second kappa shape index (κ2) is 11.8. The average Bonchev–Trinajstić information content (AvgIpc) is 3.92. The minimum atomic E-state index is 0.862. The topological polar surface area (TPSA) is 25.7 Å². The number of aromatic nitrogens is 2. The van der Waals surface area contributed by atoms with Crippen LogP contribution in [0.2, 0.25) is 0 Å². The highest BCUT2D eigenvalue weighted by atomic mass is 16.3. The standard InChI is InChI=1S/C54H33N3O/c1-3-12-34(13-4-1)35-24-26-37(27-25-35)55(36-14-5-2-6-15-36)38-29-31-50-45(32-38)41-30-28-39(33-51(41)58-50)56-47-21-10-17-42-44-19-9-18-43-40-16-7-8-20-46(40)57(54(43)44)49-23-11-22-48(56)53(49)52(42)47/h1-33H. The summed E-state index contributed by atoms with van der Waals surface area (Å²) in [6, 6.07) is 72.3. The van der Waals surface area contributed by atoms with Crippen molar-refractivity contribution in [1.82, 2.24) is 8.97 Å². The molecule has 0 aliphatic rings. The molecule has 4 nitrogen and oxygen atoms in total. The molecular formula is C54H33N3O. The van der Waals surface area contributed by atoms with Crippen LogP contribution in [0.15, 0.2) is 205 Å². The van der Waals surface area contributed by atoms with Crippen LogP contribution in [0.5, 0.6) is 0 Å². The zero-order valence-corrected chi connectivity index (χ0v) is 31.3. The highest BCUT2D eigenvalue weighted by Gasteiger charge is 2.22. The van der Waals surface area contributed by atoms with Crippen molar-refractivity contribution in [3.8, 4) is 16.8 Å². The monoisotopic (exact) mass is 739 g/mol. The van der Waals surface area contributed by atoms with Crippen molar-refractivity contribution in [2.75, 3.05) is 4.90 Å². The third-order valence-corrected chi connectivity index (χ3v) is 12.2. The van der Waals surface area contributed by atoms with E-state index in [1.54, 1.807) is 0 Å². The largest absolute Gasteiger partial charge is 0.456 e. The summed E-state index contributed by atoms with van der Waals surface area (Å²) in [6.45, 7) is 0. The molecular weight excluding hydrogens is 707 g/mol. The van der Waals surface area contributed by atoms with Crippen molar-refractivity contribution in [2.45, 2.75) is 0 Å². The van der Waals surface area contributed by atoms with Gasteiger partial charge in [0.05, 0.1) is 27.6 Å². The van der Waals surface area contributed by atoms with Gasteiger partial charge in [-0.15, -0.1) is 0 Å². The Morgan fingerprint density at radius 1 is 0.345 bits per heavy atom. The molecule has 0 amide bonds. The Morgan fingerprint density at radius 2 is 0.948 bits per heavy atom. The third kappa shape index (κ3) is 4.34. The smallest absolute Gasteiger partial charge is 0.137 e. The van der Waals surface area contributed by atoms with E-state index < -0.39 is 0 Å². The average molecular weight is 740 g/mol. The van der Waals surface area contributed by atoms with Crippen LogP contribution in [0.1, 0.15) is 0 Å². The van der Waals surface area contributed by atoms with E-state index in [4.69, 9.17) is 4.42 Å².